The number of hydrogen-bond acceptors (Lipinski definition) is 2. The number of amides is 1. The van der Waals surface area contributed by atoms with Crippen molar-refractivity contribution < 1.29 is 9.18 Å². The molecule has 1 amide bonds. The van der Waals surface area contributed by atoms with Crippen LogP contribution in [0.15, 0.2) is 48.5 Å². The van der Waals surface area contributed by atoms with Crippen LogP contribution in [-0.2, 0) is 11.2 Å². The summed E-state index contributed by atoms with van der Waals surface area (Å²) >= 11 is 0. The fourth-order valence-electron chi connectivity index (χ4n) is 2.56. The van der Waals surface area contributed by atoms with Gasteiger partial charge in [-0.15, -0.1) is 0 Å². The molecule has 20 heavy (non-hydrogen) atoms. The highest BCUT2D eigenvalue weighted by atomic mass is 19.1. The Kier molecular flexibility index (Phi) is 3.24. The van der Waals surface area contributed by atoms with E-state index in [0.717, 1.165) is 17.7 Å². The molecule has 0 saturated carbocycles. The van der Waals surface area contributed by atoms with Gasteiger partial charge < -0.3 is 10.6 Å². The first-order valence-corrected chi connectivity index (χ1v) is 6.57. The minimum absolute atomic E-state index is 0.165. The first-order valence-electron chi connectivity index (χ1n) is 6.57. The molecule has 3 rings (SSSR count). The van der Waals surface area contributed by atoms with E-state index in [1.165, 1.54) is 12.1 Å². The predicted octanol–water partition coefficient (Wildman–Crippen LogP) is 2.41. The molecule has 0 spiro atoms. The van der Waals surface area contributed by atoms with Gasteiger partial charge in [0, 0.05) is 17.8 Å². The maximum atomic E-state index is 13.3. The molecular formula is C16H15FN2O. The van der Waals surface area contributed by atoms with Crippen LogP contribution < -0.4 is 10.6 Å². The third-order valence-corrected chi connectivity index (χ3v) is 3.61. The first-order chi connectivity index (χ1) is 9.66. The lowest BCUT2D eigenvalue weighted by Gasteiger charge is -2.17. The van der Waals surface area contributed by atoms with Crippen molar-refractivity contribution in [3.63, 3.8) is 0 Å². The van der Waals surface area contributed by atoms with Crippen molar-refractivity contribution in [1.82, 2.24) is 0 Å². The van der Waals surface area contributed by atoms with Crippen LogP contribution >= 0.6 is 0 Å². The zero-order valence-corrected chi connectivity index (χ0v) is 10.9. The number of carbonyl (C=O) groups is 1. The normalized spacial score (nSPS) is 17.4. The topological polar surface area (TPSA) is 46.3 Å². The molecule has 0 radical (unpaired) electrons. The van der Waals surface area contributed by atoms with Crippen LogP contribution in [0.25, 0.3) is 0 Å². The van der Waals surface area contributed by atoms with Crippen molar-refractivity contribution >= 4 is 11.6 Å². The highest BCUT2D eigenvalue weighted by molar-refractivity contribution is 6.04. The fraction of sp³-hybridized carbons (Fsp3) is 0.188. The minimum atomic E-state index is -0.753. The summed E-state index contributed by atoms with van der Waals surface area (Å²) in [6.07, 6.45) is 0.746. The van der Waals surface area contributed by atoms with Gasteiger partial charge in [0.1, 0.15) is 11.9 Å². The van der Waals surface area contributed by atoms with Gasteiger partial charge >= 0.3 is 0 Å². The number of anilines is 1. The van der Waals surface area contributed by atoms with Crippen LogP contribution in [0.4, 0.5) is 10.1 Å². The predicted molar refractivity (Wildman–Crippen MR) is 75.8 cm³/mol. The molecule has 1 heterocycles. The molecule has 2 aromatic rings. The summed E-state index contributed by atoms with van der Waals surface area (Å²) in [6, 6.07) is 13.5. The van der Waals surface area contributed by atoms with Crippen LogP contribution in [0.5, 0.6) is 0 Å². The number of rotatable bonds is 3. The molecule has 102 valence electrons. The molecule has 0 bridgehead atoms. The van der Waals surface area contributed by atoms with Crippen molar-refractivity contribution in [3.05, 3.63) is 65.5 Å². The minimum Gasteiger partial charge on any atom is -0.316 e. The molecular weight excluding hydrogens is 255 g/mol. The number of nitrogens with two attached hydrogens (primary N) is 1. The van der Waals surface area contributed by atoms with E-state index in [4.69, 9.17) is 5.73 Å². The van der Waals surface area contributed by atoms with Crippen LogP contribution in [0.3, 0.4) is 0 Å². The lowest BCUT2D eigenvalue weighted by Crippen LogP contribution is -2.33. The third-order valence-electron chi connectivity index (χ3n) is 3.61. The van der Waals surface area contributed by atoms with E-state index in [1.807, 2.05) is 30.3 Å². The zero-order valence-electron chi connectivity index (χ0n) is 10.9. The van der Waals surface area contributed by atoms with Crippen molar-refractivity contribution in [2.75, 3.05) is 11.4 Å². The molecule has 0 fully saturated rings. The SMILES string of the molecule is NC1C(=O)N(CCc2ccccc2)c2ccc(F)cc21. The third kappa shape index (κ3) is 2.18. The van der Waals surface area contributed by atoms with E-state index in [-0.39, 0.29) is 11.7 Å². The molecule has 1 aliphatic rings. The Labute approximate surface area is 116 Å². The molecule has 3 nitrogen and oxygen atoms in total. The molecule has 2 aromatic carbocycles. The van der Waals surface area contributed by atoms with Gasteiger partial charge in [0.2, 0.25) is 5.91 Å². The van der Waals surface area contributed by atoms with Crippen LogP contribution in [0.2, 0.25) is 0 Å². The Morgan fingerprint density at radius 3 is 2.65 bits per heavy atom. The smallest absolute Gasteiger partial charge is 0.248 e. The molecule has 0 aliphatic carbocycles. The van der Waals surface area contributed by atoms with Gasteiger partial charge in [0.15, 0.2) is 0 Å². The molecule has 4 heteroatoms. The van der Waals surface area contributed by atoms with E-state index in [1.54, 1.807) is 11.0 Å². The maximum Gasteiger partial charge on any atom is 0.248 e. The first kappa shape index (κ1) is 12.8. The monoisotopic (exact) mass is 270 g/mol. The Morgan fingerprint density at radius 1 is 1.15 bits per heavy atom. The number of carbonyl (C=O) groups excluding carboxylic acids is 1. The summed E-state index contributed by atoms with van der Waals surface area (Å²) in [6.45, 7) is 0.551. The highest BCUT2D eigenvalue weighted by Crippen LogP contribution is 2.34. The number of benzene rings is 2. The second kappa shape index (κ2) is 5.06. The average molecular weight is 270 g/mol. The Hall–Kier alpha value is -2.20. The zero-order chi connectivity index (χ0) is 14.1. The van der Waals surface area contributed by atoms with Gasteiger partial charge in [-0.2, -0.15) is 0 Å². The largest absolute Gasteiger partial charge is 0.316 e. The van der Waals surface area contributed by atoms with Crippen molar-refractivity contribution in [2.24, 2.45) is 5.73 Å². The van der Waals surface area contributed by atoms with Crippen LogP contribution in [0.1, 0.15) is 17.2 Å². The Balaban J connectivity index is 1.83. The summed E-state index contributed by atoms with van der Waals surface area (Å²) in [4.78, 5) is 13.8. The van der Waals surface area contributed by atoms with E-state index < -0.39 is 6.04 Å². The number of fused-ring (bicyclic) bond motifs is 1. The molecule has 1 aliphatic heterocycles. The average Bonchev–Trinajstić information content (AvgIpc) is 2.70. The van der Waals surface area contributed by atoms with Gasteiger partial charge in [-0.3, -0.25) is 4.79 Å². The van der Waals surface area contributed by atoms with Crippen LogP contribution in [-0.4, -0.2) is 12.5 Å². The maximum absolute atomic E-state index is 13.3. The van der Waals surface area contributed by atoms with E-state index in [2.05, 4.69) is 0 Å². The Morgan fingerprint density at radius 2 is 1.90 bits per heavy atom. The van der Waals surface area contributed by atoms with Crippen molar-refractivity contribution in [2.45, 2.75) is 12.5 Å². The van der Waals surface area contributed by atoms with E-state index in [9.17, 15) is 9.18 Å². The lowest BCUT2D eigenvalue weighted by molar-refractivity contribution is -0.119. The summed E-state index contributed by atoms with van der Waals surface area (Å²) in [7, 11) is 0. The lowest BCUT2D eigenvalue weighted by atomic mass is 10.1. The quantitative estimate of drug-likeness (QED) is 0.931. The van der Waals surface area contributed by atoms with Crippen molar-refractivity contribution in [1.29, 1.82) is 0 Å². The van der Waals surface area contributed by atoms with Gasteiger partial charge in [0.05, 0.1) is 0 Å². The molecule has 0 saturated heterocycles. The summed E-state index contributed by atoms with van der Waals surface area (Å²) in [5.41, 5.74) is 8.31. The standard InChI is InChI=1S/C16H15FN2O/c17-12-6-7-14-13(10-12)15(18)16(20)19(14)9-8-11-4-2-1-3-5-11/h1-7,10,15H,8-9,18H2. The number of hydrogen-bond donors (Lipinski definition) is 1. The summed E-state index contributed by atoms with van der Waals surface area (Å²) < 4.78 is 13.3. The second-order valence-electron chi connectivity index (χ2n) is 4.91. The molecule has 2 N–H and O–H groups in total. The highest BCUT2D eigenvalue weighted by Gasteiger charge is 2.34. The molecule has 1 unspecified atom stereocenters. The fourth-order valence-corrected chi connectivity index (χ4v) is 2.56. The van der Waals surface area contributed by atoms with Crippen LogP contribution in [0, 0.1) is 5.82 Å². The second-order valence-corrected chi connectivity index (χ2v) is 4.91. The summed E-state index contributed by atoms with van der Waals surface area (Å²) in [5.74, 6) is -0.529. The van der Waals surface area contributed by atoms with Gasteiger partial charge in [0.25, 0.3) is 0 Å². The molecule has 1 atom stereocenters. The van der Waals surface area contributed by atoms with E-state index in [0.29, 0.717) is 12.1 Å². The number of halogens is 1. The van der Waals surface area contributed by atoms with E-state index >= 15 is 0 Å². The molecule has 0 aromatic heterocycles. The van der Waals surface area contributed by atoms with Gasteiger partial charge in [-0.25, -0.2) is 4.39 Å². The number of nitrogens with zero attached hydrogens (tertiary/aromatic N) is 1. The Bertz CT molecular complexity index is 642. The summed E-state index contributed by atoms with van der Waals surface area (Å²) in [5, 5.41) is 0. The van der Waals surface area contributed by atoms with Crippen molar-refractivity contribution in [3.8, 4) is 0 Å². The van der Waals surface area contributed by atoms with Gasteiger partial charge in [-0.1, -0.05) is 30.3 Å². The van der Waals surface area contributed by atoms with Gasteiger partial charge in [-0.05, 0) is 30.2 Å².